The summed E-state index contributed by atoms with van der Waals surface area (Å²) >= 11 is 0. The average molecular weight is 454 g/mol. The summed E-state index contributed by atoms with van der Waals surface area (Å²) in [6.45, 7) is 1.16. The van der Waals surface area contributed by atoms with E-state index in [2.05, 4.69) is 11.4 Å². The molecule has 0 aliphatic heterocycles. The predicted molar refractivity (Wildman–Crippen MR) is 101 cm³/mol. The molecule has 0 radical (unpaired) electrons. The first-order valence-electron chi connectivity index (χ1n) is 10.4. The Balaban J connectivity index is -0.00000338. The molecule has 0 saturated heterocycles. The number of rotatable bonds is 19. The van der Waals surface area contributed by atoms with Crippen molar-refractivity contribution in [3.8, 4) is 0 Å². The van der Waals surface area contributed by atoms with E-state index < -0.39 is 26.5 Å². The van der Waals surface area contributed by atoms with Crippen molar-refractivity contribution in [1.82, 2.24) is 0 Å². The number of esters is 1. The SMILES string of the molecule is CCCCCCCCCCCCCCCC(=O)OC[C@H](O)COP(=O)([O-])[O-].[Na+].[Na+]. The summed E-state index contributed by atoms with van der Waals surface area (Å²) in [4.78, 5) is 32.0. The summed E-state index contributed by atoms with van der Waals surface area (Å²) in [6.07, 6.45) is 14.9. The van der Waals surface area contributed by atoms with Crippen molar-refractivity contribution < 1.29 is 92.6 Å². The molecule has 0 saturated carbocycles. The van der Waals surface area contributed by atoms with Crippen molar-refractivity contribution in [3.63, 3.8) is 0 Å². The van der Waals surface area contributed by atoms with Crippen molar-refractivity contribution in [2.75, 3.05) is 13.2 Å². The first-order chi connectivity index (χ1) is 12.8. The molecular formula is C19H37Na2O7P. The van der Waals surface area contributed by atoms with Gasteiger partial charge in [0.05, 0.1) is 14.4 Å². The van der Waals surface area contributed by atoms with Crippen molar-refractivity contribution in [3.05, 3.63) is 0 Å². The van der Waals surface area contributed by atoms with Crippen LogP contribution in [-0.4, -0.2) is 30.4 Å². The number of phosphoric acid groups is 1. The third-order valence-corrected chi connectivity index (χ3v) is 4.81. The Kier molecular flexibility index (Phi) is 29.3. The first kappa shape index (κ1) is 35.1. The van der Waals surface area contributed by atoms with Gasteiger partial charge < -0.3 is 28.7 Å². The Hall–Kier alpha value is 1.54. The Morgan fingerprint density at radius 2 is 1.24 bits per heavy atom. The van der Waals surface area contributed by atoms with Gasteiger partial charge in [0.1, 0.15) is 12.7 Å². The fourth-order valence-electron chi connectivity index (χ4n) is 2.77. The molecule has 0 bridgehead atoms. The third-order valence-electron chi connectivity index (χ3n) is 4.35. The smallest absolute Gasteiger partial charge is 0.790 e. The van der Waals surface area contributed by atoms with Gasteiger partial charge in [-0.25, -0.2) is 0 Å². The van der Waals surface area contributed by atoms with Crippen LogP contribution in [0.2, 0.25) is 0 Å². The molecule has 0 spiro atoms. The van der Waals surface area contributed by atoms with Crippen LogP contribution in [0.4, 0.5) is 0 Å². The van der Waals surface area contributed by atoms with Gasteiger partial charge in [-0.3, -0.25) is 4.79 Å². The number of hydrogen-bond donors (Lipinski definition) is 1. The molecule has 1 atom stereocenters. The van der Waals surface area contributed by atoms with Gasteiger partial charge in [-0.1, -0.05) is 84.0 Å². The first-order valence-corrected chi connectivity index (χ1v) is 11.8. The number of unbranched alkanes of at least 4 members (excludes halogenated alkanes) is 12. The van der Waals surface area contributed by atoms with Crippen LogP contribution >= 0.6 is 7.82 Å². The second-order valence-corrected chi connectivity index (χ2v) is 8.23. The van der Waals surface area contributed by atoms with E-state index in [4.69, 9.17) is 4.74 Å². The molecule has 0 rings (SSSR count). The maximum Gasteiger partial charge on any atom is 1.00 e. The van der Waals surface area contributed by atoms with E-state index in [0.717, 1.165) is 19.3 Å². The standard InChI is InChI=1S/C19H39O7P.2Na/c1-2-3-4-5-6-7-8-9-10-11-12-13-14-15-19(21)25-16-18(20)17-26-27(22,23)24;;/h18,20H,2-17H2,1H3,(H2,22,23,24);;/q;2*+1/p-2/t18-;;/m0../s1. The van der Waals surface area contributed by atoms with E-state index in [9.17, 15) is 24.3 Å². The molecule has 0 heterocycles. The fourth-order valence-corrected chi connectivity index (χ4v) is 3.13. The quantitative estimate of drug-likeness (QED) is 0.0971. The van der Waals surface area contributed by atoms with Gasteiger partial charge in [-0.2, -0.15) is 0 Å². The van der Waals surface area contributed by atoms with Crippen molar-refractivity contribution >= 4 is 13.8 Å². The van der Waals surface area contributed by atoms with Crippen LogP contribution in [0.5, 0.6) is 0 Å². The van der Waals surface area contributed by atoms with Gasteiger partial charge in [0, 0.05) is 6.42 Å². The van der Waals surface area contributed by atoms with Crippen LogP contribution in [0.1, 0.15) is 96.8 Å². The molecule has 0 aliphatic rings. The molecule has 0 unspecified atom stereocenters. The fraction of sp³-hybridized carbons (Fsp3) is 0.947. The zero-order valence-corrected chi connectivity index (χ0v) is 23.6. The summed E-state index contributed by atoms with van der Waals surface area (Å²) in [5.41, 5.74) is 0. The Morgan fingerprint density at radius 3 is 1.66 bits per heavy atom. The van der Waals surface area contributed by atoms with Crippen LogP contribution in [0.25, 0.3) is 0 Å². The number of phosphoric ester groups is 1. The second-order valence-electron chi connectivity index (χ2n) is 7.07. The van der Waals surface area contributed by atoms with E-state index in [-0.39, 0.29) is 72.1 Å². The van der Waals surface area contributed by atoms with E-state index in [0.29, 0.717) is 0 Å². The van der Waals surface area contributed by atoms with Gasteiger partial charge >= 0.3 is 65.1 Å². The van der Waals surface area contributed by atoms with Gasteiger partial charge in [-0.05, 0) is 6.42 Å². The van der Waals surface area contributed by atoms with Gasteiger partial charge in [0.2, 0.25) is 0 Å². The van der Waals surface area contributed by atoms with Crippen LogP contribution in [0.15, 0.2) is 0 Å². The van der Waals surface area contributed by atoms with Crippen LogP contribution in [0, 0.1) is 0 Å². The summed E-state index contributed by atoms with van der Waals surface area (Å²) < 4.78 is 19.0. The summed E-state index contributed by atoms with van der Waals surface area (Å²) in [5.74, 6) is -0.440. The molecule has 162 valence electrons. The Bertz CT molecular complexity index is 408. The largest absolute Gasteiger partial charge is 1.00 e. The zero-order chi connectivity index (χ0) is 20.4. The topological polar surface area (TPSA) is 119 Å². The molecule has 7 nitrogen and oxygen atoms in total. The molecule has 0 aromatic heterocycles. The van der Waals surface area contributed by atoms with Crippen molar-refractivity contribution in [2.45, 2.75) is 103 Å². The number of carbonyl (C=O) groups excluding carboxylic acids is 1. The number of hydrogen-bond acceptors (Lipinski definition) is 7. The minimum atomic E-state index is -5.11. The van der Waals surface area contributed by atoms with Crippen molar-refractivity contribution in [1.29, 1.82) is 0 Å². The number of ether oxygens (including phenoxy) is 1. The number of aliphatic hydroxyl groups is 1. The predicted octanol–water partition coefficient (Wildman–Crippen LogP) is -2.77. The Morgan fingerprint density at radius 1 is 0.828 bits per heavy atom. The van der Waals surface area contributed by atoms with Gasteiger partial charge in [0.25, 0.3) is 0 Å². The minimum absolute atomic E-state index is 0. The van der Waals surface area contributed by atoms with E-state index >= 15 is 0 Å². The van der Waals surface area contributed by atoms with Crippen LogP contribution < -0.4 is 68.9 Å². The molecule has 0 aromatic rings. The maximum atomic E-state index is 11.5. The Labute approximate surface area is 220 Å². The monoisotopic (exact) mass is 454 g/mol. The molecule has 29 heavy (non-hydrogen) atoms. The van der Waals surface area contributed by atoms with Crippen LogP contribution in [-0.2, 0) is 18.6 Å². The number of carbonyl (C=O) groups is 1. The summed E-state index contributed by atoms with van der Waals surface area (Å²) in [6, 6.07) is 0. The molecule has 0 aromatic carbocycles. The van der Waals surface area contributed by atoms with Crippen LogP contribution in [0.3, 0.4) is 0 Å². The molecular weight excluding hydrogens is 417 g/mol. The van der Waals surface area contributed by atoms with Crippen molar-refractivity contribution in [2.24, 2.45) is 0 Å². The molecule has 0 fully saturated rings. The number of aliphatic hydroxyl groups excluding tert-OH is 1. The third kappa shape index (κ3) is 29.5. The second kappa shape index (κ2) is 24.2. The average Bonchev–Trinajstić information content (AvgIpc) is 2.61. The summed E-state index contributed by atoms with van der Waals surface area (Å²) in [7, 11) is -5.11. The molecule has 1 N–H and O–H groups in total. The minimum Gasteiger partial charge on any atom is -0.790 e. The van der Waals surface area contributed by atoms with E-state index in [1.54, 1.807) is 0 Å². The summed E-state index contributed by atoms with van der Waals surface area (Å²) in [5, 5.41) is 9.34. The van der Waals surface area contributed by atoms with Gasteiger partial charge in [0.15, 0.2) is 0 Å². The molecule has 0 aliphatic carbocycles. The molecule has 10 heteroatoms. The maximum absolute atomic E-state index is 11.5. The zero-order valence-electron chi connectivity index (χ0n) is 18.7. The van der Waals surface area contributed by atoms with E-state index in [1.165, 1.54) is 64.2 Å². The van der Waals surface area contributed by atoms with Gasteiger partial charge in [-0.15, -0.1) is 0 Å². The van der Waals surface area contributed by atoms with E-state index in [1.807, 2.05) is 0 Å². The molecule has 0 amide bonds. The normalized spacial score (nSPS) is 12.0.